The lowest BCUT2D eigenvalue weighted by molar-refractivity contribution is -0.134. The molecule has 0 aliphatic carbocycles. The number of benzene rings is 2. The zero-order valence-electron chi connectivity index (χ0n) is 14.2. The number of amides is 1. The Labute approximate surface area is 147 Å². The molecule has 1 saturated heterocycles. The summed E-state index contributed by atoms with van der Waals surface area (Å²) in [6, 6.07) is 14.8. The van der Waals surface area contributed by atoms with Crippen LogP contribution in [0.4, 0.5) is 0 Å². The number of rotatable bonds is 6. The molecule has 3 rings (SSSR count). The Morgan fingerprint density at radius 2 is 2.08 bits per heavy atom. The minimum Gasteiger partial charge on any atom is -0.497 e. The highest BCUT2D eigenvalue weighted by atomic mass is 16.5. The van der Waals surface area contributed by atoms with E-state index in [1.54, 1.807) is 31.4 Å². The number of hydrogen-bond donors (Lipinski definition) is 0. The summed E-state index contributed by atoms with van der Waals surface area (Å²) in [4.78, 5) is 25.5. The maximum Gasteiger partial charge on any atom is 0.261 e. The molecule has 1 aliphatic rings. The molecule has 25 heavy (non-hydrogen) atoms. The van der Waals surface area contributed by atoms with E-state index in [2.05, 4.69) is 0 Å². The lowest BCUT2D eigenvalue weighted by Gasteiger charge is -2.25. The molecule has 1 unspecified atom stereocenters. The van der Waals surface area contributed by atoms with E-state index in [0.29, 0.717) is 17.9 Å². The minimum absolute atomic E-state index is 0.0347. The van der Waals surface area contributed by atoms with Gasteiger partial charge in [-0.05, 0) is 42.7 Å². The Hall–Kier alpha value is -2.82. The first-order valence-corrected chi connectivity index (χ1v) is 8.33. The van der Waals surface area contributed by atoms with Gasteiger partial charge >= 0.3 is 0 Å². The second kappa shape index (κ2) is 7.83. The predicted molar refractivity (Wildman–Crippen MR) is 94.0 cm³/mol. The summed E-state index contributed by atoms with van der Waals surface area (Å²) in [6.45, 7) is 0.630. The molecule has 0 spiro atoms. The molecule has 0 N–H and O–H groups in total. The van der Waals surface area contributed by atoms with Gasteiger partial charge in [-0.3, -0.25) is 9.59 Å². The molecule has 0 bridgehead atoms. The van der Waals surface area contributed by atoms with Gasteiger partial charge in [0.1, 0.15) is 11.5 Å². The molecule has 0 saturated carbocycles. The van der Waals surface area contributed by atoms with Gasteiger partial charge in [-0.1, -0.05) is 24.3 Å². The lowest BCUT2D eigenvalue weighted by Crippen LogP contribution is -2.34. The largest absolute Gasteiger partial charge is 0.497 e. The van der Waals surface area contributed by atoms with E-state index in [9.17, 15) is 9.59 Å². The molecule has 5 heteroatoms. The second-order valence-corrected chi connectivity index (χ2v) is 5.97. The normalized spacial score (nSPS) is 16.5. The molecule has 2 aromatic rings. The van der Waals surface area contributed by atoms with E-state index in [-0.39, 0.29) is 18.6 Å². The monoisotopic (exact) mass is 339 g/mol. The van der Waals surface area contributed by atoms with E-state index in [1.807, 2.05) is 29.2 Å². The van der Waals surface area contributed by atoms with Crippen LogP contribution in [0.1, 0.15) is 34.8 Å². The molecule has 1 fully saturated rings. The number of aldehydes is 1. The average molecular weight is 339 g/mol. The van der Waals surface area contributed by atoms with Gasteiger partial charge in [-0.15, -0.1) is 0 Å². The van der Waals surface area contributed by atoms with Crippen molar-refractivity contribution in [3.05, 3.63) is 59.7 Å². The predicted octanol–water partition coefficient (Wildman–Crippen LogP) is 3.25. The average Bonchev–Trinajstić information content (AvgIpc) is 3.16. The van der Waals surface area contributed by atoms with Crippen molar-refractivity contribution in [3.8, 4) is 11.5 Å². The van der Waals surface area contributed by atoms with Crippen molar-refractivity contribution in [2.24, 2.45) is 0 Å². The van der Waals surface area contributed by atoms with Crippen LogP contribution in [0.25, 0.3) is 0 Å². The van der Waals surface area contributed by atoms with Gasteiger partial charge in [0.25, 0.3) is 5.91 Å². The first kappa shape index (κ1) is 17.0. The van der Waals surface area contributed by atoms with Crippen molar-refractivity contribution in [1.29, 1.82) is 0 Å². The van der Waals surface area contributed by atoms with Gasteiger partial charge in [-0.2, -0.15) is 0 Å². The summed E-state index contributed by atoms with van der Waals surface area (Å²) >= 11 is 0. The van der Waals surface area contributed by atoms with Gasteiger partial charge in [0.15, 0.2) is 12.9 Å². The topological polar surface area (TPSA) is 55.8 Å². The SMILES string of the molecule is COc1cccc(C2CCCN2C(=O)COc2ccccc2C=O)c1. The molecular weight excluding hydrogens is 318 g/mol. The number of methoxy groups -OCH3 is 1. The van der Waals surface area contributed by atoms with Crippen LogP contribution >= 0.6 is 0 Å². The quantitative estimate of drug-likeness (QED) is 0.758. The highest BCUT2D eigenvalue weighted by molar-refractivity contribution is 5.81. The minimum atomic E-state index is -0.0781. The van der Waals surface area contributed by atoms with Crippen molar-refractivity contribution < 1.29 is 19.1 Å². The summed E-state index contributed by atoms with van der Waals surface area (Å²) in [7, 11) is 1.63. The van der Waals surface area contributed by atoms with Gasteiger partial charge in [0, 0.05) is 6.54 Å². The smallest absolute Gasteiger partial charge is 0.261 e. The van der Waals surface area contributed by atoms with E-state index in [4.69, 9.17) is 9.47 Å². The maximum absolute atomic E-state index is 12.6. The van der Waals surface area contributed by atoms with E-state index in [0.717, 1.165) is 30.4 Å². The van der Waals surface area contributed by atoms with Crippen molar-refractivity contribution in [1.82, 2.24) is 4.90 Å². The Bertz CT molecular complexity index is 759. The first-order valence-electron chi connectivity index (χ1n) is 8.33. The summed E-state index contributed by atoms with van der Waals surface area (Å²) in [6.07, 6.45) is 2.61. The van der Waals surface area contributed by atoms with Gasteiger partial charge in [0.05, 0.1) is 18.7 Å². The van der Waals surface area contributed by atoms with Crippen LogP contribution in [0.15, 0.2) is 48.5 Å². The van der Waals surface area contributed by atoms with E-state index < -0.39 is 0 Å². The Morgan fingerprint density at radius 3 is 2.88 bits per heavy atom. The number of likely N-dealkylation sites (tertiary alicyclic amines) is 1. The van der Waals surface area contributed by atoms with Crippen LogP contribution < -0.4 is 9.47 Å². The number of carbonyl (C=O) groups is 2. The Kier molecular flexibility index (Phi) is 5.33. The van der Waals surface area contributed by atoms with E-state index >= 15 is 0 Å². The molecule has 1 atom stereocenters. The number of nitrogens with zero attached hydrogens (tertiary/aromatic N) is 1. The van der Waals surface area contributed by atoms with Crippen LogP contribution in [-0.4, -0.2) is 37.4 Å². The zero-order chi connectivity index (χ0) is 17.6. The molecule has 5 nitrogen and oxygen atoms in total. The number of hydrogen-bond acceptors (Lipinski definition) is 4. The molecule has 130 valence electrons. The molecule has 1 aliphatic heterocycles. The van der Waals surface area contributed by atoms with Gasteiger partial charge in [0.2, 0.25) is 0 Å². The highest BCUT2D eigenvalue weighted by Crippen LogP contribution is 2.33. The summed E-state index contributed by atoms with van der Waals surface area (Å²) in [5.41, 5.74) is 1.51. The third kappa shape index (κ3) is 3.82. The molecular formula is C20H21NO4. The van der Waals surface area contributed by atoms with Crippen molar-refractivity contribution >= 4 is 12.2 Å². The fourth-order valence-corrected chi connectivity index (χ4v) is 3.19. The summed E-state index contributed by atoms with van der Waals surface area (Å²) < 4.78 is 10.9. The fraction of sp³-hybridized carbons (Fsp3) is 0.300. The van der Waals surface area contributed by atoms with Crippen LogP contribution in [-0.2, 0) is 4.79 Å². The molecule has 0 aromatic heterocycles. The second-order valence-electron chi connectivity index (χ2n) is 5.97. The standard InChI is InChI=1S/C20H21NO4/c1-24-17-8-4-7-15(12-17)18-9-5-11-21(18)20(23)14-25-19-10-3-2-6-16(19)13-22/h2-4,6-8,10,12-13,18H,5,9,11,14H2,1H3. The maximum atomic E-state index is 12.6. The van der Waals surface area contributed by atoms with Crippen LogP contribution in [0, 0.1) is 0 Å². The van der Waals surface area contributed by atoms with Crippen molar-refractivity contribution in [2.45, 2.75) is 18.9 Å². The lowest BCUT2D eigenvalue weighted by atomic mass is 10.0. The molecule has 1 heterocycles. The zero-order valence-corrected chi connectivity index (χ0v) is 14.2. The summed E-state index contributed by atoms with van der Waals surface area (Å²) in [5.74, 6) is 1.14. The fourth-order valence-electron chi connectivity index (χ4n) is 3.19. The summed E-state index contributed by atoms with van der Waals surface area (Å²) in [5, 5.41) is 0. The van der Waals surface area contributed by atoms with Crippen molar-refractivity contribution in [3.63, 3.8) is 0 Å². The first-order chi connectivity index (χ1) is 12.2. The molecule has 2 aromatic carbocycles. The van der Waals surface area contributed by atoms with Crippen molar-refractivity contribution in [2.75, 3.05) is 20.3 Å². The number of carbonyl (C=O) groups excluding carboxylic acids is 2. The highest BCUT2D eigenvalue weighted by Gasteiger charge is 2.30. The third-order valence-electron chi connectivity index (χ3n) is 4.45. The van der Waals surface area contributed by atoms with Gasteiger partial charge in [-0.25, -0.2) is 0 Å². The van der Waals surface area contributed by atoms with Crippen LogP contribution in [0.5, 0.6) is 11.5 Å². The molecule has 1 amide bonds. The van der Waals surface area contributed by atoms with E-state index in [1.165, 1.54) is 0 Å². The Balaban J connectivity index is 1.69. The van der Waals surface area contributed by atoms with Gasteiger partial charge < -0.3 is 14.4 Å². The van der Waals surface area contributed by atoms with Crippen LogP contribution in [0.2, 0.25) is 0 Å². The van der Waals surface area contributed by atoms with Crippen LogP contribution in [0.3, 0.4) is 0 Å². The number of ether oxygens (including phenoxy) is 2. The number of para-hydroxylation sites is 1. The molecule has 0 radical (unpaired) electrons. The Morgan fingerprint density at radius 1 is 1.24 bits per heavy atom. The third-order valence-corrected chi connectivity index (χ3v) is 4.45.